The summed E-state index contributed by atoms with van der Waals surface area (Å²) < 4.78 is 9.63. The van der Waals surface area contributed by atoms with Crippen molar-refractivity contribution in [3.05, 3.63) is 70.7 Å². The van der Waals surface area contributed by atoms with Crippen molar-refractivity contribution in [3.8, 4) is 0 Å². The summed E-state index contributed by atoms with van der Waals surface area (Å²) in [5.74, 6) is -1.49. The lowest BCUT2D eigenvalue weighted by atomic mass is 10.0. The fourth-order valence-electron chi connectivity index (χ4n) is 2.13. The number of esters is 1. The topological polar surface area (TPSA) is 81.7 Å². The van der Waals surface area contributed by atoms with Gasteiger partial charge in [0.15, 0.2) is 6.61 Å². The molecule has 2 aromatic rings. The number of amides is 2. The Morgan fingerprint density at radius 1 is 1.00 bits per heavy atom. The molecule has 1 N–H and O–H groups in total. The highest BCUT2D eigenvalue weighted by Crippen LogP contribution is 2.22. The first kappa shape index (κ1) is 20.2. The molecule has 2 aromatic carbocycles. The van der Waals surface area contributed by atoms with E-state index in [2.05, 4.69) is 4.74 Å². The monoisotopic (exact) mass is 387 g/mol. The van der Waals surface area contributed by atoms with Gasteiger partial charge in [-0.2, -0.15) is 0 Å². The van der Waals surface area contributed by atoms with Gasteiger partial charge in [-0.3, -0.25) is 10.1 Å². The standard InChI is InChI=1S/C20H18ClNO5/c1-2-26-20(25)22-18(23)13-27-19(24)17(12-14-6-4-3-5-7-14)15-8-10-16(21)11-9-15/h3-12H,2,13H2,1H3,(H,22,23,25)/b17-12+. The van der Waals surface area contributed by atoms with E-state index in [-0.39, 0.29) is 12.2 Å². The highest BCUT2D eigenvalue weighted by Gasteiger charge is 2.17. The average Bonchev–Trinajstić information content (AvgIpc) is 2.66. The van der Waals surface area contributed by atoms with Crippen molar-refractivity contribution in [1.29, 1.82) is 0 Å². The molecule has 0 fully saturated rings. The Kier molecular flexibility index (Phi) is 7.58. The van der Waals surface area contributed by atoms with Gasteiger partial charge in [-0.25, -0.2) is 9.59 Å². The molecule has 2 rings (SSSR count). The van der Waals surface area contributed by atoms with Crippen LogP contribution in [0.2, 0.25) is 5.02 Å². The Bertz CT molecular complexity index is 831. The average molecular weight is 388 g/mol. The normalized spacial score (nSPS) is 10.8. The second kappa shape index (κ2) is 10.1. The van der Waals surface area contributed by atoms with Crippen LogP contribution in [0.25, 0.3) is 11.6 Å². The molecule has 0 spiro atoms. The van der Waals surface area contributed by atoms with Gasteiger partial charge in [0.1, 0.15) is 0 Å². The summed E-state index contributed by atoms with van der Waals surface area (Å²) in [5.41, 5.74) is 1.62. The summed E-state index contributed by atoms with van der Waals surface area (Å²) in [6.45, 7) is 1.12. The number of carbonyl (C=O) groups is 3. The molecule has 140 valence electrons. The maximum Gasteiger partial charge on any atom is 0.413 e. The number of hydrogen-bond acceptors (Lipinski definition) is 5. The number of ether oxygens (including phenoxy) is 2. The second-order valence-electron chi connectivity index (χ2n) is 5.32. The zero-order chi connectivity index (χ0) is 19.6. The van der Waals surface area contributed by atoms with Crippen LogP contribution in [0.3, 0.4) is 0 Å². The van der Waals surface area contributed by atoms with Crippen LogP contribution in [0, 0.1) is 0 Å². The van der Waals surface area contributed by atoms with E-state index in [1.54, 1.807) is 37.3 Å². The molecule has 0 unspecified atom stereocenters. The molecule has 0 aliphatic carbocycles. The van der Waals surface area contributed by atoms with E-state index in [0.717, 1.165) is 5.56 Å². The lowest BCUT2D eigenvalue weighted by molar-refractivity contribution is -0.142. The number of rotatable bonds is 6. The maximum absolute atomic E-state index is 12.5. The van der Waals surface area contributed by atoms with Crippen LogP contribution < -0.4 is 5.32 Å². The Labute approximate surface area is 161 Å². The Morgan fingerprint density at radius 2 is 1.67 bits per heavy atom. The van der Waals surface area contributed by atoms with E-state index in [0.29, 0.717) is 10.6 Å². The molecule has 0 aliphatic heterocycles. The van der Waals surface area contributed by atoms with Crippen molar-refractivity contribution in [2.75, 3.05) is 13.2 Å². The Morgan fingerprint density at radius 3 is 2.30 bits per heavy atom. The number of imide groups is 1. The van der Waals surface area contributed by atoms with E-state index in [4.69, 9.17) is 16.3 Å². The third-order valence-electron chi connectivity index (χ3n) is 3.34. The van der Waals surface area contributed by atoms with Gasteiger partial charge < -0.3 is 9.47 Å². The lowest BCUT2D eigenvalue weighted by Gasteiger charge is -2.09. The SMILES string of the molecule is CCOC(=O)NC(=O)COC(=O)/C(=C/c1ccccc1)c1ccc(Cl)cc1. The van der Waals surface area contributed by atoms with Crippen LogP contribution in [-0.4, -0.2) is 31.2 Å². The number of alkyl carbamates (subject to hydrolysis) is 1. The van der Waals surface area contributed by atoms with Gasteiger partial charge in [0.05, 0.1) is 12.2 Å². The van der Waals surface area contributed by atoms with Gasteiger partial charge in [0, 0.05) is 5.02 Å². The molecule has 0 atom stereocenters. The number of halogens is 1. The van der Waals surface area contributed by atoms with E-state index >= 15 is 0 Å². The lowest BCUT2D eigenvalue weighted by Crippen LogP contribution is -2.34. The molecule has 0 aliphatic rings. The van der Waals surface area contributed by atoms with Crippen LogP contribution in [0.1, 0.15) is 18.1 Å². The smallest absolute Gasteiger partial charge is 0.413 e. The summed E-state index contributed by atoms with van der Waals surface area (Å²) in [7, 11) is 0. The molecule has 0 radical (unpaired) electrons. The minimum Gasteiger partial charge on any atom is -0.452 e. The van der Waals surface area contributed by atoms with E-state index < -0.39 is 24.6 Å². The van der Waals surface area contributed by atoms with Gasteiger partial charge in [0.25, 0.3) is 5.91 Å². The van der Waals surface area contributed by atoms with Gasteiger partial charge in [-0.1, -0.05) is 54.1 Å². The number of benzene rings is 2. The highest BCUT2D eigenvalue weighted by molar-refractivity contribution is 6.30. The largest absolute Gasteiger partial charge is 0.452 e. The highest BCUT2D eigenvalue weighted by atomic mass is 35.5. The minimum atomic E-state index is -0.892. The molecular formula is C20H18ClNO5. The number of nitrogens with one attached hydrogen (secondary N) is 1. The molecule has 2 amide bonds. The van der Waals surface area contributed by atoms with Crippen molar-refractivity contribution >= 4 is 41.2 Å². The molecule has 0 aromatic heterocycles. The molecule has 0 saturated carbocycles. The summed E-state index contributed by atoms with van der Waals surface area (Å²) in [4.78, 5) is 35.4. The molecular weight excluding hydrogens is 370 g/mol. The first-order valence-corrected chi connectivity index (χ1v) is 8.53. The fraction of sp³-hybridized carbons (Fsp3) is 0.150. The van der Waals surface area contributed by atoms with Crippen LogP contribution in [0.15, 0.2) is 54.6 Å². The minimum absolute atomic E-state index is 0.124. The van der Waals surface area contributed by atoms with Crippen molar-refractivity contribution in [3.63, 3.8) is 0 Å². The summed E-state index contributed by atoms with van der Waals surface area (Å²) >= 11 is 5.90. The summed E-state index contributed by atoms with van der Waals surface area (Å²) in [6.07, 6.45) is 0.755. The van der Waals surface area contributed by atoms with Crippen LogP contribution in [0.5, 0.6) is 0 Å². The molecule has 0 saturated heterocycles. The van der Waals surface area contributed by atoms with Crippen LogP contribution in [0.4, 0.5) is 4.79 Å². The zero-order valence-corrected chi connectivity index (χ0v) is 15.4. The first-order valence-electron chi connectivity index (χ1n) is 8.16. The van der Waals surface area contributed by atoms with E-state index in [1.165, 1.54) is 0 Å². The van der Waals surface area contributed by atoms with Crippen molar-refractivity contribution in [2.24, 2.45) is 0 Å². The fourth-order valence-corrected chi connectivity index (χ4v) is 2.26. The van der Waals surface area contributed by atoms with Gasteiger partial charge in [0.2, 0.25) is 0 Å². The van der Waals surface area contributed by atoms with Gasteiger partial charge in [-0.15, -0.1) is 0 Å². The quantitative estimate of drug-likeness (QED) is 0.464. The van der Waals surface area contributed by atoms with E-state index in [9.17, 15) is 14.4 Å². The Hall–Kier alpha value is -3.12. The Balaban J connectivity index is 2.14. The number of carbonyl (C=O) groups excluding carboxylic acids is 3. The van der Waals surface area contributed by atoms with Gasteiger partial charge in [-0.05, 0) is 36.3 Å². The predicted molar refractivity (Wildman–Crippen MR) is 102 cm³/mol. The second-order valence-corrected chi connectivity index (χ2v) is 5.76. The molecule has 7 heteroatoms. The molecule has 0 heterocycles. The number of hydrogen-bond donors (Lipinski definition) is 1. The first-order chi connectivity index (χ1) is 13.0. The van der Waals surface area contributed by atoms with E-state index in [1.807, 2.05) is 35.6 Å². The van der Waals surface area contributed by atoms with Crippen molar-refractivity contribution in [2.45, 2.75) is 6.92 Å². The summed E-state index contributed by atoms with van der Waals surface area (Å²) in [6, 6.07) is 15.8. The maximum atomic E-state index is 12.5. The molecule has 6 nitrogen and oxygen atoms in total. The van der Waals surface area contributed by atoms with Crippen LogP contribution in [-0.2, 0) is 19.1 Å². The van der Waals surface area contributed by atoms with Crippen LogP contribution >= 0.6 is 11.6 Å². The third-order valence-corrected chi connectivity index (χ3v) is 3.59. The molecule has 27 heavy (non-hydrogen) atoms. The zero-order valence-electron chi connectivity index (χ0n) is 14.6. The third kappa shape index (κ3) is 6.60. The van der Waals surface area contributed by atoms with Crippen molar-refractivity contribution < 1.29 is 23.9 Å². The van der Waals surface area contributed by atoms with Crippen molar-refractivity contribution in [1.82, 2.24) is 5.32 Å². The summed E-state index contributed by atoms with van der Waals surface area (Å²) in [5, 5.41) is 2.49. The van der Waals surface area contributed by atoms with Gasteiger partial charge >= 0.3 is 12.1 Å². The molecule has 0 bridgehead atoms. The predicted octanol–water partition coefficient (Wildman–Crippen LogP) is 3.70.